The van der Waals surface area contributed by atoms with Crippen LogP contribution in [0.15, 0.2) is 29.5 Å². The zero-order chi connectivity index (χ0) is 20.0. The van der Waals surface area contributed by atoms with Crippen LogP contribution >= 0.6 is 0 Å². The van der Waals surface area contributed by atoms with E-state index in [1.165, 1.54) is 0 Å². The molecule has 1 aromatic carbocycles. The molecule has 1 atom stereocenters. The lowest BCUT2D eigenvalue weighted by Gasteiger charge is -2.10. The van der Waals surface area contributed by atoms with Gasteiger partial charge < -0.3 is 18.8 Å². The van der Waals surface area contributed by atoms with Crippen LogP contribution in [0.4, 0.5) is 0 Å². The zero-order valence-electron chi connectivity index (χ0n) is 16.6. The Balaban J connectivity index is 1.72. The van der Waals surface area contributed by atoms with E-state index < -0.39 is 0 Å². The van der Waals surface area contributed by atoms with Crippen LogP contribution < -0.4 is 4.74 Å². The Morgan fingerprint density at radius 3 is 2.90 bits per heavy atom. The zero-order valence-corrected chi connectivity index (χ0v) is 16.6. The molecule has 0 fully saturated rings. The van der Waals surface area contributed by atoms with Gasteiger partial charge in [-0.3, -0.25) is 4.57 Å². The largest absolute Gasteiger partial charge is 0.497 e. The Morgan fingerprint density at radius 2 is 2.14 bits per heavy atom. The van der Waals surface area contributed by atoms with E-state index in [9.17, 15) is 0 Å². The molecule has 0 spiro atoms. The molecule has 2 aliphatic rings. The molecule has 150 valence electrons. The van der Waals surface area contributed by atoms with Crippen molar-refractivity contribution in [1.82, 2.24) is 24.3 Å². The Kier molecular flexibility index (Phi) is 4.31. The lowest BCUT2D eigenvalue weighted by atomic mass is 10.1. The Labute approximate surface area is 168 Å². The quantitative estimate of drug-likeness (QED) is 0.516. The van der Waals surface area contributed by atoms with E-state index in [0.29, 0.717) is 25.7 Å². The van der Waals surface area contributed by atoms with Crippen molar-refractivity contribution in [1.29, 1.82) is 0 Å². The van der Waals surface area contributed by atoms with Crippen molar-refractivity contribution in [2.45, 2.75) is 32.5 Å². The lowest BCUT2D eigenvalue weighted by molar-refractivity contribution is 0.174. The van der Waals surface area contributed by atoms with Crippen molar-refractivity contribution in [3.63, 3.8) is 0 Å². The standard InChI is InChI=1S/C20H22N6O3/c1-4-12-9-29-20(22-12)18-16-8-25-17(10-27-2)23-24-19(25)14-7-13(28-3)5-6-15(14)26(16)11-21-18/h5-7,11-12H,4,8-10H2,1-3H3/t12-/m1/s1. The van der Waals surface area contributed by atoms with Crippen LogP contribution in [0.25, 0.3) is 17.1 Å². The monoisotopic (exact) mass is 394 g/mol. The Morgan fingerprint density at radius 1 is 1.24 bits per heavy atom. The maximum absolute atomic E-state index is 5.87. The van der Waals surface area contributed by atoms with Gasteiger partial charge in [0.05, 0.1) is 31.1 Å². The normalized spacial score (nSPS) is 17.1. The van der Waals surface area contributed by atoms with Gasteiger partial charge in [-0.25, -0.2) is 9.98 Å². The van der Waals surface area contributed by atoms with Crippen LogP contribution in [0.2, 0.25) is 0 Å². The first-order valence-electron chi connectivity index (χ1n) is 9.60. The maximum Gasteiger partial charge on any atom is 0.237 e. The number of imidazole rings is 1. The topological polar surface area (TPSA) is 88.6 Å². The Hall–Kier alpha value is -3.20. The van der Waals surface area contributed by atoms with Gasteiger partial charge in [0, 0.05) is 12.7 Å². The van der Waals surface area contributed by atoms with Crippen molar-refractivity contribution < 1.29 is 14.2 Å². The number of fused-ring (bicyclic) bond motifs is 5. The van der Waals surface area contributed by atoms with Gasteiger partial charge in [-0.15, -0.1) is 10.2 Å². The number of aliphatic imine (C=N–C) groups is 1. The number of hydrogen-bond acceptors (Lipinski definition) is 7. The van der Waals surface area contributed by atoms with Crippen molar-refractivity contribution >= 4 is 5.90 Å². The summed E-state index contributed by atoms with van der Waals surface area (Å²) in [5, 5.41) is 8.80. The summed E-state index contributed by atoms with van der Waals surface area (Å²) in [6.45, 7) is 3.61. The minimum absolute atomic E-state index is 0.180. The van der Waals surface area contributed by atoms with Crippen molar-refractivity contribution in [3.8, 4) is 22.8 Å². The molecule has 0 aliphatic carbocycles. The number of ether oxygens (including phenoxy) is 3. The van der Waals surface area contributed by atoms with Crippen molar-refractivity contribution in [2.24, 2.45) is 4.99 Å². The first-order valence-corrected chi connectivity index (χ1v) is 9.60. The van der Waals surface area contributed by atoms with E-state index in [4.69, 9.17) is 19.2 Å². The highest BCUT2D eigenvalue weighted by Gasteiger charge is 2.30. The fraction of sp³-hybridized carbons (Fsp3) is 0.400. The van der Waals surface area contributed by atoms with Crippen LogP contribution in [0.1, 0.15) is 30.6 Å². The highest BCUT2D eigenvalue weighted by atomic mass is 16.5. The summed E-state index contributed by atoms with van der Waals surface area (Å²) in [5.41, 5.74) is 3.61. The molecule has 29 heavy (non-hydrogen) atoms. The van der Waals surface area contributed by atoms with E-state index in [1.54, 1.807) is 14.2 Å². The molecule has 9 heteroatoms. The van der Waals surface area contributed by atoms with Gasteiger partial charge in [-0.1, -0.05) is 6.92 Å². The molecule has 9 nitrogen and oxygen atoms in total. The number of aromatic nitrogens is 5. The van der Waals surface area contributed by atoms with Crippen molar-refractivity contribution in [3.05, 3.63) is 41.7 Å². The van der Waals surface area contributed by atoms with E-state index >= 15 is 0 Å². The molecule has 3 aromatic rings. The molecule has 0 bridgehead atoms. The summed E-state index contributed by atoms with van der Waals surface area (Å²) in [6, 6.07) is 6.09. The molecule has 4 heterocycles. The molecule has 2 aliphatic heterocycles. The highest BCUT2D eigenvalue weighted by molar-refractivity contribution is 5.95. The predicted molar refractivity (Wildman–Crippen MR) is 106 cm³/mol. The molecule has 0 saturated carbocycles. The molecular formula is C20H22N6O3. The first-order chi connectivity index (χ1) is 14.2. The smallest absolute Gasteiger partial charge is 0.237 e. The molecule has 0 saturated heterocycles. The van der Waals surface area contributed by atoms with Gasteiger partial charge >= 0.3 is 0 Å². The summed E-state index contributed by atoms with van der Waals surface area (Å²) in [7, 11) is 3.30. The molecule has 5 rings (SSSR count). The summed E-state index contributed by atoms with van der Waals surface area (Å²) in [6.07, 6.45) is 2.76. The van der Waals surface area contributed by atoms with Gasteiger partial charge in [-0.2, -0.15) is 0 Å². The van der Waals surface area contributed by atoms with E-state index in [2.05, 4.69) is 31.2 Å². The molecule has 0 unspecified atom stereocenters. The van der Waals surface area contributed by atoms with Crippen LogP contribution in [-0.2, 0) is 22.6 Å². The van der Waals surface area contributed by atoms with Gasteiger partial charge in [-0.05, 0) is 24.6 Å². The molecule has 0 radical (unpaired) electrons. The second kappa shape index (κ2) is 7.00. The minimum Gasteiger partial charge on any atom is -0.497 e. The molecular weight excluding hydrogens is 372 g/mol. The third-order valence-corrected chi connectivity index (χ3v) is 5.37. The average molecular weight is 394 g/mol. The number of nitrogens with zero attached hydrogens (tertiary/aromatic N) is 6. The van der Waals surface area contributed by atoms with E-state index in [0.717, 1.165) is 46.5 Å². The van der Waals surface area contributed by atoms with Crippen LogP contribution in [0.3, 0.4) is 0 Å². The van der Waals surface area contributed by atoms with Gasteiger partial charge in [0.25, 0.3) is 0 Å². The van der Waals surface area contributed by atoms with Gasteiger partial charge in [0.15, 0.2) is 11.6 Å². The predicted octanol–water partition coefficient (Wildman–Crippen LogP) is 2.20. The second-order valence-corrected chi connectivity index (χ2v) is 7.06. The third-order valence-electron chi connectivity index (χ3n) is 5.37. The number of hydrogen-bond donors (Lipinski definition) is 0. The van der Waals surface area contributed by atoms with Gasteiger partial charge in [0.1, 0.15) is 31.0 Å². The summed E-state index contributed by atoms with van der Waals surface area (Å²) < 4.78 is 20.8. The SMILES string of the molecule is CC[C@@H]1COC(c2ncn3c2Cn2c(COC)nnc2-c2cc(OC)ccc2-3)=N1. The molecule has 0 N–H and O–H groups in total. The summed E-state index contributed by atoms with van der Waals surface area (Å²) in [5.74, 6) is 2.87. The molecule has 2 aromatic heterocycles. The molecule has 0 amide bonds. The van der Waals surface area contributed by atoms with E-state index in [-0.39, 0.29) is 6.04 Å². The van der Waals surface area contributed by atoms with E-state index in [1.807, 2.05) is 24.5 Å². The minimum atomic E-state index is 0.180. The van der Waals surface area contributed by atoms with Crippen molar-refractivity contribution in [2.75, 3.05) is 20.8 Å². The Bertz CT molecular complexity index is 1100. The number of benzene rings is 1. The fourth-order valence-corrected chi connectivity index (χ4v) is 3.78. The third kappa shape index (κ3) is 2.80. The summed E-state index contributed by atoms with van der Waals surface area (Å²) in [4.78, 5) is 9.36. The number of rotatable bonds is 5. The fourth-order valence-electron chi connectivity index (χ4n) is 3.78. The first kappa shape index (κ1) is 17.9. The number of methoxy groups -OCH3 is 2. The van der Waals surface area contributed by atoms with Crippen LogP contribution in [0, 0.1) is 0 Å². The second-order valence-electron chi connectivity index (χ2n) is 7.06. The lowest BCUT2D eigenvalue weighted by Crippen LogP contribution is -2.13. The van der Waals surface area contributed by atoms with Crippen LogP contribution in [-0.4, -0.2) is 57.1 Å². The summed E-state index contributed by atoms with van der Waals surface area (Å²) >= 11 is 0. The van der Waals surface area contributed by atoms with Gasteiger partial charge in [0.2, 0.25) is 5.90 Å². The maximum atomic E-state index is 5.87. The average Bonchev–Trinajstić information content (AvgIpc) is 3.45. The van der Waals surface area contributed by atoms with Crippen LogP contribution in [0.5, 0.6) is 5.75 Å². The highest BCUT2D eigenvalue weighted by Crippen LogP contribution is 2.35.